The van der Waals surface area contributed by atoms with E-state index >= 15 is 0 Å². The van der Waals surface area contributed by atoms with Crippen molar-refractivity contribution >= 4 is 24.1 Å². The Morgan fingerprint density at radius 2 is 1.57 bits per heavy atom. The lowest BCUT2D eigenvalue weighted by Crippen LogP contribution is -2.07. The molecule has 0 aromatic heterocycles. The van der Waals surface area contributed by atoms with Crippen LogP contribution in [-0.2, 0) is 28.7 Å². The predicted octanol–water partition coefficient (Wildman–Crippen LogP) is 0.493. The second kappa shape index (κ2) is 15.2. The first-order valence-corrected chi connectivity index (χ1v) is 5.68. The van der Waals surface area contributed by atoms with E-state index in [4.69, 9.17) is 0 Å². The van der Waals surface area contributed by atoms with Crippen molar-refractivity contribution in [2.45, 2.75) is 6.92 Å². The van der Waals surface area contributed by atoms with Crippen LogP contribution >= 0.6 is 0 Å². The van der Waals surface area contributed by atoms with Gasteiger partial charge in [-0.05, 0) is 6.92 Å². The highest BCUT2D eigenvalue weighted by Gasteiger charge is 2.00. The molecule has 0 radical (unpaired) electrons. The van der Waals surface area contributed by atoms with Crippen molar-refractivity contribution < 1.29 is 28.7 Å². The summed E-state index contributed by atoms with van der Waals surface area (Å²) in [5.74, 6) is -0.979. The fourth-order valence-corrected chi connectivity index (χ4v) is 0.649. The monoisotopic (exact) mass is 296 g/mol. The first kappa shape index (κ1) is 20.5. The molecule has 0 saturated heterocycles. The van der Waals surface area contributed by atoms with Gasteiger partial charge in [0.05, 0.1) is 13.1 Å². The summed E-state index contributed by atoms with van der Waals surface area (Å²) < 4.78 is 9.06. The van der Waals surface area contributed by atoms with Crippen molar-refractivity contribution in [2.75, 3.05) is 26.3 Å². The molecule has 0 aromatic rings. The number of nitrogens with zero attached hydrogens (tertiary/aromatic N) is 2. The van der Waals surface area contributed by atoms with E-state index in [-0.39, 0.29) is 26.3 Å². The van der Waals surface area contributed by atoms with Crippen LogP contribution in [0.3, 0.4) is 0 Å². The van der Waals surface area contributed by atoms with Gasteiger partial charge in [0.1, 0.15) is 13.2 Å². The van der Waals surface area contributed by atoms with Crippen LogP contribution in [0, 0.1) is 0 Å². The number of aliphatic imine (C=N–C) groups is 2. The van der Waals surface area contributed by atoms with E-state index in [0.29, 0.717) is 5.57 Å². The SMILES string of the molecule is C=C(C)C(=O)OCCN=C=O.C=CC(=O)OCCN=C=O. The van der Waals surface area contributed by atoms with Gasteiger partial charge in [0.15, 0.2) is 0 Å². The quantitative estimate of drug-likeness (QED) is 0.212. The molecule has 114 valence electrons. The normalized spacial score (nSPS) is 7.86. The molecule has 8 nitrogen and oxygen atoms in total. The third-order valence-electron chi connectivity index (χ3n) is 1.53. The van der Waals surface area contributed by atoms with E-state index in [1.54, 1.807) is 6.92 Å². The molecule has 0 atom stereocenters. The lowest BCUT2D eigenvalue weighted by atomic mass is 10.4. The summed E-state index contributed by atoms with van der Waals surface area (Å²) in [7, 11) is 0. The van der Waals surface area contributed by atoms with Crippen LogP contribution < -0.4 is 0 Å². The molecule has 0 heterocycles. The molecule has 0 saturated carbocycles. The highest BCUT2D eigenvalue weighted by Crippen LogP contribution is 1.90. The second-order valence-electron chi connectivity index (χ2n) is 3.23. The average molecular weight is 296 g/mol. The van der Waals surface area contributed by atoms with Gasteiger partial charge in [0.25, 0.3) is 0 Å². The number of carbonyl (C=O) groups excluding carboxylic acids is 4. The van der Waals surface area contributed by atoms with Crippen LogP contribution in [0.25, 0.3) is 0 Å². The molecule has 8 heteroatoms. The fourth-order valence-electron chi connectivity index (χ4n) is 0.649. The lowest BCUT2D eigenvalue weighted by Gasteiger charge is -1.99. The number of isocyanates is 2. The number of hydrogen-bond donors (Lipinski definition) is 0. The zero-order valence-corrected chi connectivity index (χ0v) is 11.7. The Kier molecular flexibility index (Phi) is 14.9. The van der Waals surface area contributed by atoms with Crippen LogP contribution in [-0.4, -0.2) is 50.4 Å². The van der Waals surface area contributed by atoms with Crippen molar-refractivity contribution in [1.82, 2.24) is 0 Å². The molecule has 0 aliphatic carbocycles. The van der Waals surface area contributed by atoms with E-state index in [1.807, 2.05) is 0 Å². The molecule has 0 spiro atoms. The molecular formula is C13H16N2O6. The highest BCUT2D eigenvalue weighted by atomic mass is 16.5. The van der Waals surface area contributed by atoms with Gasteiger partial charge in [-0.25, -0.2) is 29.2 Å². The summed E-state index contributed by atoms with van der Waals surface area (Å²) in [5, 5.41) is 0. The maximum atomic E-state index is 10.6. The number of esters is 2. The molecule has 0 aromatic carbocycles. The maximum Gasteiger partial charge on any atom is 0.333 e. The van der Waals surface area contributed by atoms with Gasteiger partial charge in [0, 0.05) is 11.6 Å². The number of carbonyl (C=O) groups is 2. The van der Waals surface area contributed by atoms with Crippen LogP contribution in [0.4, 0.5) is 0 Å². The largest absolute Gasteiger partial charge is 0.461 e. The minimum absolute atomic E-state index is 0.0973. The molecule has 21 heavy (non-hydrogen) atoms. The Morgan fingerprint density at radius 1 is 1.10 bits per heavy atom. The Balaban J connectivity index is 0. The molecule has 0 fully saturated rings. The van der Waals surface area contributed by atoms with E-state index in [9.17, 15) is 19.2 Å². The summed E-state index contributed by atoms with van der Waals surface area (Å²) in [6.45, 7) is 8.60. The van der Waals surface area contributed by atoms with Crippen LogP contribution in [0.15, 0.2) is 34.8 Å². The zero-order chi connectivity index (χ0) is 16.5. The molecule has 0 aliphatic heterocycles. The Hall–Kier alpha value is -2.82. The molecule has 0 unspecified atom stereocenters. The van der Waals surface area contributed by atoms with Crippen LogP contribution in [0.5, 0.6) is 0 Å². The minimum Gasteiger partial charge on any atom is -0.461 e. The van der Waals surface area contributed by atoms with Gasteiger partial charge in [-0.2, -0.15) is 0 Å². The van der Waals surface area contributed by atoms with Gasteiger partial charge in [-0.3, -0.25) is 0 Å². The summed E-state index contributed by atoms with van der Waals surface area (Å²) in [4.78, 5) is 46.3. The fraction of sp³-hybridized carbons (Fsp3) is 0.385. The number of ether oxygens (including phenoxy) is 2. The van der Waals surface area contributed by atoms with Gasteiger partial charge < -0.3 is 9.47 Å². The van der Waals surface area contributed by atoms with Gasteiger partial charge in [-0.1, -0.05) is 13.2 Å². The topological polar surface area (TPSA) is 111 Å². The molecule has 0 aliphatic rings. The minimum atomic E-state index is -0.513. The molecule has 0 N–H and O–H groups in total. The first-order valence-electron chi connectivity index (χ1n) is 5.68. The summed E-state index contributed by atoms with van der Waals surface area (Å²) >= 11 is 0. The van der Waals surface area contributed by atoms with E-state index < -0.39 is 11.9 Å². The first-order chi connectivity index (χ1) is 9.99. The van der Waals surface area contributed by atoms with E-state index in [0.717, 1.165) is 6.08 Å². The third kappa shape index (κ3) is 17.2. The number of rotatable bonds is 8. The smallest absolute Gasteiger partial charge is 0.333 e. The van der Waals surface area contributed by atoms with E-state index in [2.05, 4.69) is 32.6 Å². The zero-order valence-electron chi connectivity index (χ0n) is 11.7. The van der Waals surface area contributed by atoms with Crippen LogP contribution in [0.1, 0.15) is 6.92 Å². The Morgan fingerprint density at radius 3 is 1.95 bits per heavy atom. The van der Waals surface area contributed by atoms with Gasteiger partial charge in [0.2, 0.25) is 12.2 Å². The summed E-state index contributed by atoms with van der Waals surface area (Å²) in [5.41, 5.74) is 0.333. The Bertz CT molecular complexity index is 459. The lowest BCUT2D eigenvalue weighted by molar-refractivity contribution is -0.139. The Labute approximate surface area is 121 Å². The molecular weight excluding hydrogens is 280 g/mol. The second-order valence-corrected chi connectivity index (χ2v) is 3.23. The third-order valence-corrected chi connectivity index (χ3v) is 1.53. The van der Waals surface area contributed by atoms with Crippen molar-refractivity contribution in [2.24, 2.45) is 9.98 Å². The van der Waals surface area contributed by atoms with Gasteiger partial charge >= 0.3 is 11.9 Å². The molecule has 0 rings (SSSR count). The highest BCUT2D eigenvalue weighted by molar-refractivity contribution is 5.86. The predicted molar refractivity (Wildman–Crippen MR) is 72.9 cm³/mol. The summed E-state index contributed by atoms with van der Waals surface area (Å²) in [6.07, 6.45) is 3.70. The van der Waals surface area contributed by atoms with Crippen LogP contribution in [0.2, 0.25) is 0 Å². The van der Waals surface area contributed by atoms with E-state index in [1.165, 1.54) is 12.2 Å². The average Bonchev–Trinajstić information content (AvgIpc) is 2.48. The maximum absolute atomic E-state index is 10.6. The van der Waals surface area contributed by atoms with Crippen molar-refractivity contribution in [1.29, 1.82) is 0 Å². The molecule has 0 amide bonds. The van der Waals surface area contributed by atoms with Crippen molar-refractivity contribution in [3.8, 4) is 0 Å². The number of hydrogen-bond acceptors (Lipinski definition) is 8. The molecule has 0 bridgehead atoms. The standard InChI is InChI=1S/C7H9NO3.C6H7NO3/c1-6(2)7(10)11-4-3-8-5-9;1-2-6(9)10-4-3-7-5-8/h1,3-4H2,2H3;2H,1,3-4H2. The van der Waals surface area contributed by atoms with Gasteiger partial charge in [-0.15, -0.1) is 0 Å². The van der Waals surface area contributed by atoms with Crippen molar-refractivity contribution in [3.63, 3.8) is 0 Å². The van der Waals surface area contributed by atoms with Crippen molar-refractivity contribution in [3.05, 3.63) is 24.8 Å². The summed E-state index contributed by atoms with van der Waals surface area (Å²) in [6, 6.07) is 0.